The summed E-state index contributed by atoms with van der Waals surface area (Å²) in [5.74, 6) is 2.07. The maximum Gasteiger partial charge on any atom is 0.234 e. The summed E-state index contributed by atoms with van der Waals surface area (Å²) in [6.45, 7) is 10.2. The number of benzene rings is 1. The Bertz CT molecular complexity index is 1290. The molecule has 4 heterocycles. The molecule has 0 bridgehead atoms. The highest BCUT2D eigenvalue weighted by Gasteiger charge is 2.28. The standard InChI is InChI=1S/C28H37Cl2N9O2/c1-19-32-21(15-27(33-19)34-26-7-10-39(35-26)23-3-4-24(29)25(30)16-23)17-31-28(41)18-36-8-5-22(6-9-36)38-13-11-37(12-14-38)20(2)40/h3-4,15-16,22H,5-14,17-18H2,1-2H3,(H,31,41)(H,32,33,34,35). The number of nitrogens with one attached hydrogen (secondary N) is 2. The van der Waals surface area contributed by atoms with Crippen molar-refractivity contribution in [3.8, 4) is 0 Å². The number of amidine groups is 1. The zero-order valence-corrected chi connectivity index (χ0v) is 25.1. The Morgan fingerprint density at radius 1 is 1.02 bits per heavy atom. The van der Waals surface area contributed by atoms with Crippen LogP contribution in [0.15, 0.2) is 29.3 Å². The molecule has 0 spiro atoms. The molecule has 11 nitrogen and oxygen atoms in total. The van der Waals surface area contributed by atoms with Crippen LogP contribution in [0.5, 0.6) is 0 Å². The highest BCUT2D eigenvalue weighted by atomic mass is 35.5. The molecule has 13 heteroatoms. The number of piperazine rings is 1. The molecule has 2 N–H and O–H groups in total. The molecule has 0 unspecified atom stereocenters. The third-order valence-electron chi connectivity index (χ3n) is 7.85. The summed E-state index contributed by atoms with van der Waals surface area (Å²) in [5, 5.41) is 5.99. The number of hydrogen-bond acceptors (Lipinski definition) is 8. The van der Waals surface area contributed by atoms with E-state index in [1.54, 1.807) is 19.1 Å². The van der Waals surface area contributed by atoms with E-state index in [0.29, 0.717) is 46.5 Å². The van der Waals surface area contributed by atoms with E-state index in [4.69, 9.17) is 23.2 Å². The first-order chi connectivity index (χ1) is 19.7. The number of rotatable bonds is 7. The van der Waals surface area contributed by atoms with E-state index in [0.717, 1.165) is 76.6 Å². The van der Waals surface area contributed by atoms with E-state index in [1.807, 2.05) is 29.0 Å². The van der Waals surface area contributed by atoms with Gasteiger partial charge in [0.05, 0.1) is 34.5 Å². The maximum absolute atomic E-state index is 12.7. The molecule has 2 aromatic rings. The Morgan fingerprint density at radius 3 is 2.49 bits per heavy atom. The number of aryl methyl sites for hydroxylation is 1. The number of hydrazine groups is 1. The van der Waals surface area contributed by atoms with E-state index in [-0.39, 0.29) is 11.8 Å². The third kappa shape index (κ3) is 7.85. The van der Waals surface area contributed by atoms with Crippen LogP contribution in [0.1, 0.15) is 37.7 Å². The molecular formula is C28H37Cl2N9O2. The van der Waals surface area contributed by atoms with Crippen LogP contribution in [0.2, 0.25) is 10.0 Å². The van der Waals surface area contributed by atoms with Gasteiger partial charge < -0.3 is 10.2 Å². The van der Waals surface area contributed by atoms with E-state index >= 15 is 0 Å². The van der Waals surface area contributed by atoms with Crippen molar-refractivity contribution in [3.63, 3.8) is 0 Å². The fourth-order valence-corrected chi connectivity index (χ4v) is 5.90. The van der Waals surface area contributed by atoms with Gasteiger partial charge in [-0.3, -0.25) is 29.8 Å². The summed E-state index contributed by atoms with van der Waals surface area (Å²) in [4.78, 5) is 44.6. The van der Waals surface area contributed by atoms with Crippen LogP contribution in [0, 0.1) is 6.92 Å². The number of carbonyl (C=O) groups is 2. The number of carbonyl (C=O) groups excluding carboxylic acids is 2. The van der Waals surface area contributed by atoms with Gasteiger partial charge in [0.2, 0.25) is 11.8 Å². The summed E-state index contributed by atoms with van der Waals surface area (Å²) in [6.07, 6.45) is 2.80. The molecule has 3 saturated heterocycles. The number of nitrogens with zero attached hydrogens (tertiary/aromatic N) is 7. The molecular weight excluding hydrogens is 565 g/mol. The van der Waals surface area contributed by atoms with Crippen LogP contribution < -0.4 is 15.8 Å². The van der Waals surface area contributed by atoms with Crippen LogP contribution >= 0.6 is 23.2 Å². The Kier molecular flexibility index (Phi) is 9.59. The molecule has 1 aromatic carbocycles. The summed E-state index contributed by atoms with van der Waals surface area (Å²) >= 11 is 12.2. The predicted molar refractivity (Wildman–Crippen MR) is 161 cm³/mol. The van der Waals surface area contributed by atoms with Crippen molar-refractivity contribution in [2.75, 3.05) is 57.4 Å². The molecule has 41 heavy (non-hydrogen) atoms. The number of likely N-dealkylation sites (tertiary alicyclic amines) is 1. The topological polar surface area (TPSA) is 109 Å². The molecule has 0 aliphatic carbocycles. The van der Waals surface area contributed by atoms with Crippen LogP contribution in [0.4, 0.5) is 11.5 Å². The number of aromatic nitrogens is 2. The second kappa shape index (κ2) is 13.3. The fourth-order valence-electron chi connectivity index (χ4n) is 5.60. The van der Waals surface area contributed by atoms with Gasteiger partial charge in [-0.15, -0.1) is 0 Å². The van der Waals surface area contributed by atoms with E-state index < -0.39 is 0 Å². The van der Waals surface area contributed by atoms with Gasteiger partial charge in [0, 0.05) is 71.3 Å². The minimum atomic E-state index is -0.0163. The molecule has 3 aliphatic heterocycles. The number of amides is 2. The van der Waals surface area contributed by atoms with E-state index in [2.05, 4.69) is 35.5 Å². The van der Waals surface area contributed by atoms with Gasteiger partial charge in [0.15, 0.2) is 5.82 Å². The summed E-state index contributed by atoms with van der Waals surface area (Å²) < 4.78 is 0. The molecule has 3 fully saturated rings. The van der Waals surface area contributed by atoms with Gasteiger partial charge in [-0.1, -0.05) is 23.2 Å². The Labute approximate surface area is 250 Å². The average Bonchev–Trinajstić information content (AvgIpc) is 3.42. The lowest BCUT2D eigenvalue weighted by molar-refractivity contribution is -0.131. The van der Waals surface area contributed by atoms with Crippen LogP contribution in [0.3, 0.4) is 0 Å². The highest BCUT2D eigenvalue weighted by molar-refractivity contribution is 6.42. The number of halogens is 2. The maximum atomic E-state index is 12.7. The predicted octanol–water partition coefficient (Wildman–Crippen LogP) is 2.78. The average molecular weight is 603 g/mol. The van der Waals surface area contributed by atoms with Gasteiger partial charge in [-0.2, -0.15) is 0 Å². The molecule has 0 atom stereocenters. The van der Waals surface area contributed by atoms with Crippen molar-refractivity contribution in [1.29, 1.82) is 0 Å². The van der Waals surface area contributed by atoms with Gasteiger partial charge in [0.1, 0.15) is 11.7 Å². The summed E-state index contributed by atoms with van der Waals surface area (Å²) in [7, 11) is 0. The first-order valence-corrected chi connectivity index (χ1v) is 14.9. The number of hydrogen-bond donors (Lipinski definition) is 2. The van der Waals surface area contributed by atoms with Gasteiger partial charge in [-0.05, 0) is 38.0 Å². The molecule has 0 saturated carbocycles. The van der Waals surface area contributed by atoms with Crippen molar-refractivity contribution in [2.24, 2.45) is 4.99 Å². The number of anilines is 1. The van der Waals surface area contributed by atoms with Crippen LogP contribution in [-0.4, -0.2) is 101 Å². The van der Waals surface area contributed by atoms with E-state index in [9.17, 15) is 9.59 Å². The molecule has 3 aliphatic rings. The molecule has 1 aromatic heterocycles. The quantitative estimate of drug-likeness (QED) is 0.498. The number of aliphatic imine (C=N–C) groups is 1. The zero-order valence-electron chi connectivity index (χ0n) is 23.6. The smallest absolute Gasteiger partial charge is 0.234 e. The van der Waals surface area contributed by atoms with E-state index in [1.165, 1.54) is 0 Å². The van der Waals surface area contributed by atoms with Crippen molar-refractivity contribution in [2.45, 2.75) is 45.7 Å². The summed E-state index contributed by atoms with van der Waals surface area (Å²) in [6, 6.07) is 7.82. The second-order valence-corrected chi connectivity index (χ2v) is 11.6. The zero-order chi connectivity index (χ0) is 28.9. The summed E-state index contributed by atoms with van der Waals surface area (Å²) in [5.41, 5.74) is 4.92. The molecule has 0 radical (unpaired) electrons. The molecule has 5 rings (SSSR count). The van der Waals surface area contributed by atoms with Crippen molar-refractivity contribution < 1.29 is 9.59 Å². The first-order valence-electron chi connectivity index (χ1n) is 14.1. The monoisotopic (exact) mass is 601 g/mol. The van der Waals surface area contributed by atoms with Gasteiger partial charge in [0.25, 0.3) is 0 Å². The van der Waals surface area contributed by atoms with Gasteiger partial charge in [-0.25, -0.2) is 15.0 Å². The highest BCUT2D eigenvalue weighted by Crippen LogP contribution is 2.28. The Morgan fingerprint density at radius 2 is 1.78 bits per heavy atom. The first kappa shape index (κ1) is 29.5. The minimum absolute atomic E-state index is 0.0163. The lowest BCUT2D eigenvalue weighted by Gasteiger charge is -2.42. The van der Waals surface area contributed by atoms with Crippen molar-refractivity contribution in [3.05, 3.63) is 45.8 Å². The van der Waals surface area contributed by atoms with Crippen molar-refractivity contribution in [1.82, 2.24) is 35.4 Å². The van der Waals surface area contributed by atoms with Crippen molar-refractivity contribution >= 4 is 52.4 Å². The van der Waals surface area contributed by atoms with Crippen LogP contribution in [0.25, 0.3) is 0 Å². The lowest BCUT2D eigenvalue weighted by Crippen LogP contribution is -2.54. The largest absolute Gasteiger partial charge is 0.349 e. The Balaban J connectivity index is 1.08. The third-order valence-corrected chi connectivity index (χ3v) is 8.58. The SMILES string of the molecule is CC(=O)N1CCN(C2CCN(CC(=O)NCc3cc(N=C4CCN(c5ccc(Cl)c(Cl)c5)N4)nc(C)n3)CC2)CC1. The fraction of sp³-hybridized carbons (Fsp3) is 0.536. The molecule has 220 valence electrons. The Hall–Kier alpha value is -2.99. The lowest BCUT2D eigenvalue weighted by atomic mass is 10.0. The minimum Gasteiger partial charge on any atom is -0.349 e. The number of piperidine rings is 1. The van der Waals surface area contributed by atoms with Gasteiger partial charge >= 0.3 is 0 Å². The van der Waals surface area contributed by atoms with Crippen LogP contribution in [-0.2, 0) is 16.1 Å². The molecule has 2 amide bonds. The normalized spacial score (nSPS) is 20.0. The second-order valence-electron chi connectivity index (χ2n) is 10.8.